The third-order valence-corrected chi connectivity index (χ3v) is 2.97. The highest BCUT2D eigenvalue weighted by molar-refractivity contribution is 6.17. The predicted octanol–water partition coefficient (Wildman–Crippen LogP) is 2.94. The number of hydrogen-bond acceptors (Lipinski definition) is 3. The summed E-state index contributed by atoms with van der Waals surface area (Å²) in [6.45, 7) is 4.98. The van der Waals surface area contributed by atoms with Gasteiger partial charge in [-0.2, -0.15) is 0 Å². The fourth-order valence-electron chi connectivity index (χ4n) is 1.45. The Bertz CT molecular complexity index is 328. The molecule has 4 heteroatoms. The van der Waals surface area contributed by atoms with Gasteiger partial charge in [0.15, 0.2) is 0 Å². The van der Waals surface area contributed by atoms with E-state index in [1.54, 1.807) is 0 Å². The Morgan fingerprint density at radius 3 is 2.56 bits per heavy atom. The standard InChI is InChI=1S/C12H20ClN3/c1-10-11(2)15-12(9-14-10)16(3)8-6-4-5-7-13/h9H,4-8H2,1-3H3. The summed E-state index contributed by atoms with van der Waals surface area (Å²) < 4.78 is 0. The van der Waals surface area contributed by atoms with Crippen LogP contribution in [0.25, 0.3) is 0 Å². The minimum Gasteiger partial charge on any atom is -0.358 e. The van der Waals surface area contributed by atoms with Crippen molar-refractivity contribution < 1.29 is 0 Å². The molecule has 0 aliphatic carbocycles. The maximum Gasteiger partial charge on any atom is 0.147 e. The normalized spacial score (nSPS) is 10.5. The second-order valence-electron chi connectivity index (χ2n) is 4.07. The molecule has 0 spiro atoms. The zero-order chi connectivity index (χ0) is 12.0. The molecular formula is C12H20ClN3. The van der Waals surface area contributed by atoms with Crippen molar-refractivity contribution in [2.45, 2.75) is 33.1 Å². The monoisotopic (exact) mass is 241 g/mol. The summed E-state index contributed by atoms with van der Waals surface area (Å²) in [6.07, 6.45) is 5.25. The van der Waals surface area contributed by atoms with Crippen molar-refractivity contribution in [1.29, 1.82) is 0 Å². The molecule has 1 rings (SSSR count). The lowest BCUT2D eigenvalue weighted by atomic mass is 10.2. The summed E-state index contributed by atoms with van der Waals surface area (Å²) in [6, 6.07) is 0. The van der Waals surface area contributed by atoms with Crippen molar-refractivity contribution in [1.82, 2.24) is 9.97 Å². The number of alkyl halides is 1. The molecule has 0 radical (unpaired) electrons. The lowest BCUT2D eigenvalue weighted by Gasteiger charge is -2.18. The molecule has 0 atom stereocenters. The Kier molecular flexibility index (Phi) is 5.53. The van der Waals surface area contributed by atoms with Crippen molar-refractivity contribution >= 4 is 17.4 Å². The van der Waals surface area contributed by atoms with Crippen molar-refractivity contribution in [3.8, 4) is 0 Å². The molecule has 16 heavy (non-hydrogen) atoms. The fourth-order valence-corrected chi connectivity index (χ4v) is 1.64. The quantitative estimate of drug-likeness (QED) is 0.567. The van der Waals surface area contributed by atoms with Crippen LogP contribution in [-0.4, -0.2) is 29.4 Å². The van der Waals surface area contributed by atoms with Crippen LogP contribution < -0.4 is 4.90 Å². The summed E-state index contributed by atoms with van der Waals surface area (Å²) in [5.74, 6) is 1.71. The first-order valence-corrected chi connectivity index (χ1v) is 6.26. The molecule has 0 saturated carbocycles. The lowest BCUT2D eigenvalue weighted by Crippen LogP contribution is -2.20. The van der Waals surface area contributed by atoms with Gasteiger partial charge in [0.25, 0.3) is 0 Å². The second-order valence-corrected chi connectivity index (χ2v) is 4.45. The van der Waals surface area contributed by atoms with Crippen LogP contribution in [-0.2, 0) is 0 Å². The van der Waals surface area contributed by atoms with E-state index in [1.807, 2.05) is 20.0 Å². The van der Waals surface area contributed by atoms with E-state index in [-0.39, 0.29) is 0 Å². The first-order valence-electron chi connectivity index (χ1n) is 5.72. The van der Waals surface area contributed by atoms with Gasteiger partial charge in [-0.3, -0.25) is 4.98 Å². The van der Waals surface area contributed by atoms with Gasteiger partial charge in [-0.15, -0.1) is 11.6 Å². The van der Waals surface area contributed by atoms with Crippen LogP contribution in [0.5, 0.6) is 0 Å². The first kappa shape index (κ1) is 13.2. The van der Waals surface area contributed by atoms with Crippen molar-refractivity contribution in [3.63, 3.8) is 0 Å². The Morgan fingerprint density at radius 2 is 1.94 bits per heavy atom. The molecular weight excluding hydrogens is 222 g/mol. The summed E-state index contributed by atoms with van der Waals surface area (Å²) in [7, 11) is 2.06. The molecule has 0 fully saturated rings. The zero-order valence-electron chi connectivity index (χ0n) is 10.3. The molecule has 0 aliphatic rings. The van der Waals surface area contributed by atoms with Crippen LogP contribution in [0.15, 0.2) is 6.20 Å². The van der Waals surface area contributed by atoms with Gasteiger partial charge in [0.1, 0.15) is 5.82 Å². The minimum absolute atomic E-state index is 0.757. The number of aromatic nitrogens is 2. The van der Waals surface area contributed by atoms with Gasteiger partial charge in [-0.1, -0.05) is 6.42 Å². The van der Waals surface area contributed by atoms with E-state index in [0.29, 0.717) is 0 Å². The van der Waals surface area contributed by atoms with Crippen LogP contribution in [0.3, 0.4) is 0 Å². The Balaban J connectivity index is 2.46. The Morgan fingerprint density at radius 1 is 1.19 bits per heavy atom. The number of anilines is 1. The summed E-state index contributed by atoms with van der Waals surface area (Å²) in [4.78, 5) is 11.0. The number of rotatable bonds is 6. The summed E-state index contributed by atoms with van der Waals surface area (Å²) in [5, 5.41) is 0. The molecule has 0 saturated heterocycles. The van der Waals surface area contributed by atoms with Crippen molar-refractivity contribution in [2.75, 3.05) is 24.4 Å². The molecule has 0 bridgehead atoms. The number of hydrogen-bond donors (Lipinski definition) is 0. The van der Waals surface area contributed by atoms with Crippen molar-refractivity contribution in [3.05, 3.63) is 17.6 Å². The van der Waals surface area contributed by atoms with Gasteiger partial charge in [0, 0.05) is 19.5 Å². The van der Waals surface area contributed by atoms with Crippen LogP contribution >= 0.6 is 11.6 Å². The van der Waals surface area contributed by atoms with E-state index in [1.165, 1.54) is 6.42 Å². The Labute approximate surface area is 103 Å². The first-order chi connectivity index (χ1) is 7.65. The average Bonchev–Trinajstić information content (AvgIpc) is 2.28. The molecule has 3 nitrogen and oxygen atoms in total. The van der Waals surface area contributed by atoms with Gasteiger partial charge in [0.05, 0.1) is 17.6 Å². The third-order valence-electron chi connectivity index (χ3n) is 2.70. The fraction of sp³-hybridized carbons (Fsp3) is 0.667. The highest BCUT2D eigenvalue weighted by Gasteiger charge is 2.04. The highest BCUT2D eigenvalue weighted by Crippen LogP contribution is 2.11. The maximum absolute atomic E-state index is 5.64. The number of nitrogens with zero attached hydrogens (tertiary/aromatic N) is 3. The molecule has 0 unspecified atom stereocenters. The lowest BCUT2D eigenvalue weighted by molar-refractivity contribution is 0.702. The molecule has 0 amide bonds. The van der Waals surface area contributed by atoms with Gasteiger partial charge < -0.3 is 4.90 Å². The predicted molar refractivity (Wildman–Crippen MR) is 69.3 cm³/mol. The smallest absolute Gasteiger partial charge is 0.147 e. The van der Waals surface area contributed by atoms with E-state index in [0.717, 1.165) is 42.5 Å². The number of aryl methyl sites for hydroxylation is 2. The second kappa shape index (κ2) is 6.69. The number of unbranched alkanes of at least 4 members (excludes halogenated alkanes) is 2. The van der Waals surface area contributed by atoms with Gasteiger partial charge >= 0.3 is 0 Å². The molecule has 1 aromatic rings. The molecule has 0 aliphatic heterocycles. The van der Waals surface area contributed by atoms with Gasteiger partial charge in [-0.05, 0) is 26.7 Å². The van der Waals surface area contributed by atoms with E-state index in [9.17, 15) is 0 Å². The van der Waals surface area contributed by atoms with Gasteiger partial charge in [-0.25, -0.2) is 4.98 Å². The molecule has 0 N–H and O–H groups in total. The maximum atomic E-state index is 5.64. The van der Waals surface area contributed by atoms with E-state index in [2.05, 4.69) is 21.9 Å². The Hall–Kier alpha value is -0.830. The van der Waals surface area contributed by atoms with E-state index < -0.39 is 0 Å². The van der Waals surface area contributed by atoms with Crippen LogP contribution in [0.4, 0.5) is 5.82 Å². The van der Waals surface area contributed by atoms with Gasteiger partial charge in [0.2, 0.25) is 0 Å². The van der Waals surface area contributed by atoms with Crippen LogP contribution in [0.1, 0.15) is 30.7 Å². The van der Waals surface area contributed by atoms with E-state index >= 15 is 0 Å². The topological polar surface area (TPSA) is 29.0 Å². The highest BCUT2D eigenvalue weighted by atomic mass is 35.5. The summed E-state index contributed by atoms with van der Waals surface area (Å²) in [5.41, 5.74) is 2.00. The van der Waals surface area contributed by atoms with E-state index in [4.69, 9.17) is 11.6 Å². The number of halogens is 1. The zero-order valence-corrected chi connectivity index (χ0v) is 11.1. The minimum atomic E-state index is 0.757. The summed E-state index contributed by atoms with van der Waals surface area (Å²) >= 11 is 5.64. The molecule has 1 aromatic heterocycles. The average molecular weight is 242 g/mol. The van der Waals surface area contributed by atoms with Crippen LogP contribution in [0, 0.1) is 13.8 Å². The van der Waals surface area contributed by atoms with Crippen LogP contribution in [0.2, 0.25) is 0 Å². The molecule has 1 heterocycles. The molecule has 0 aromatic carbocycles. The third kappa shape index (κ3) is 3.97. The SMILES string of the molecule is Cc1ncc(N(C)CCCCCCl)nc1C. The molecule has 90 valence electrons. The van der Waals surface area contributed by atoms with Crippen molar-refractivity contribution in [2.24, 2.45) is 0 Å². The largest absolute Gasteiger partial charge is 0.358 e.